The Bertz CT molecular complexity index is 968. The molecule has 3 aromatic rings. The largest absolute Gasteiger partial charge is 0.493 e. The van der Waals surface area contributed by atoms with Gasteiger partial charge in [0, 0.05) is 4.88 Å². The molecule has 0 unspecified atom stereocenters. The maximum absolute atomic E-state index is 5.54. The number of thiophene rings is 1. The second-order valence-corrected chi connectivity index (χ2v) is 7.06. The van der Waals surface area contributed by atoms with Gasteiger partial charge in [0.05, 0.1) is 25.3 Å². The Morgan fingerprint density at radius 1 is 1.27 bits per heavy atom. The van der Waals surface area contributed by atoms with E-state index in [1.807, 2.05) is 25.1 Å². The number of nitrogens with zero attached hydrogens (tertiary/aromatic N) is 3. The summed E-state index contributed by atoms with van der Waals surface area (Å²) in [5.41, 5.74) is 5.38. The van der Waals surface area contributed by atoms with Crippen molar-refractivity contribution in [3.8, 4) is 11.5 Å². The van der Waals surface area contributed by atoms with Crippen LogP contribution in [0.1, 0.15) is 29.3 Å². The minimum atomic E-state index is 0.597. The number of aryl methyl sites for hydroxylation is 2. The van der Waals surface area contributed by atoms with Gasteiger partial charge < -0.3 is 9.47 Å². The molecule has 0 radical (unpaired) electrons. The number of fused-ring (bicyclic) bond motifs is 3. The van der Waals surface area contributed by atoms with E-state index in [0.717, 1.165) is 40.2 Å². The minimum Gasteiger partial charge on any atom is -0.493 e. The third kappa shape index (κ3) is 3.10. The van der Waals surface area contributed by atoms with Gasteiger partial charge in [-0.3, -0.25) is 5.43 Å². The van der Waals surface area contributed by atoms with Crippen LogP contribution in [0.5, 0.6) is 11.5 Å². The molecule has 1 aliphatic carbocycles. The first-order chi connectivity index (χ1) is 12.8. The van der Waals surface area contributed by atoms with Crippen molar-refractivity contribution in [1.82, 2.24) is 9.97 Å². The van der Waals surface area contributed by atoms with Crippen molar-refractivity contribution < 1.29 is 9.47 Å². The molecule has 1 aliphatic rings. The van der Waals surface area contributed by atoms with Crippen molar-refractivity contribution in [3.63, 3.8) is 0 Å². The lowest BCUT2D eigenvalue weighted by atomic mass is 10.2. The van der Waals surface area contributed by atoms with E-state index < -0.39 is 0 Å². The Labute approximate surface area is 155 Å². The van der Waals surface area contributed by atoms with Crippen LogP contribution in [0.2, 0.25) is 0 Å². The van der Waals surface area contributed by atoms with E-state index in [0.29, 0.717) is 12.4 Å². The SMILES string of the molecule is CCOc1ccc(/C=N\Nc2ncnc3sc4c(c23)CCC4)cc1OC. The molecule has 0 atom stereocenters. The average Bonchev–Trinajstić information content (AvgIpc) is 3.24. The van der Waals surface area contributed by atoms with Gasteiger partial charge in [0.2, 0.25) is 0 Å². The standard InChI is InChI=1S/C19H20N4O2S/c1-3-25-14-8-7-12(9-15(14)24-2)10-22-23-18-17-13-5-4-6-16(13)26-19(17)21-11-20-18/h7-11H,3-6H2,1-2H3,(H,20,21,23)/b22-10-. The third-order valence-electron chi connectivity index (χ3n) is 4.37. The van der Waals surface area contributed by atoms with E-state index in [1.165, 1.54) is 16.9 Å². The number of rotatable bonds is 6. The maximum Gasteiger partial charge on any atom is 0.161 e. The monoisotopic (exact) mass is 368 g/mol. The lowest BCUT2D eigenvalue weighted by molar-refractivity contribution is 0.311. The third-order valence-corrected chi connectivity index (χ3v) is 5.57. The van der Waals surface area contributed by atoms with E-state index in [4.69, 9.17) is 9.47 Å². The van der Waals surface area contributed by atoms with Crippen molar-refractivity contribution >= 4 is 33.6 Å². The highest BCUT2D eigenvalue weighted by Crippen LogP contribution is 2.39. The topological polar surface area (TPSA) is 68.6 Å². The van der Waals surface area contributed by atoms with E-state index >= 15 is 0 Å². The summed E-state index contributed by atoms with van der Waals surface area (Å²) in [6.45, 7) is 2.54. The van der Waals surface area contributed by atoms with Gasteiger partial charge >= 0.3 is 0 Å². The van der Waals surface area contributed by atoms with Crippen molar-refractivity contribution in [1.29, 1.82) is 0 Å². The molecule has 134 valence electrons. The summed E-state index contributed by atoms with van der Waals surface area (Å²) in [6, 6.07) is 5.73. The van der Waals surface area contributed by atoms with Crippen molar-refractivity contribution in [2.45, 2.75) is 26.2 Å². The summed E-state index contributed by atoms with van der Waals surface area (Å²) < 4.78 is 10.9. The number of methoxy groups -OCH3 is 1. The van der Waals surface area contributed by atoms with Gasteiger partial charge in [0.1, 0.15) is 11.2 Å². The summed E-state index contributed by atoms with van der Waals surface area (Å²) in [6.07, 6.45) is 6.79. The lowest BCUT2D eigenvalue weighted by Gasteiger charge is -2.09. The van der Waals surface area contributed by atoms with Crippen molar-refractivity contribution in [3.05, 3.63) is 40.5 Å². The highest BCUT2D eigenvalue weighted by atomic mass is 32.1. The molecule has 0 aliphatic heterocycles. The van der Waals surface area contributed by atoms with E-state index in [-0.39, 0.29) is 0 Å². The summed E-state index contributed by atoms with van der Waals surface area (Å²) >= 11 is 1.77. The number of hydrazone groups is 1. The summed E-state index contributed by atoms with van der Waals surface area (Å²) in [7, 11) is 1.63. The second-order valence-electron chi connectivity index (χ2n) is 5.97. The van der Waals surface area contributed by atoms with E-state index in [9.17, 15) is 0 Å². The zero-order chi connectivity index (χ0) is 17.9. The van der Waals surface area contributed by atoms with Gasteiger partial charge in [-0.1, -0.05) is 0 Å². The first-order valence-corrected chi connectivity index (χ1v) is 9.47. The Kier molecular flexibility index (Phi) is 4.71. The Hall–Kier alpha value is -2.67. The zero-order valence-corrected chi connectivity index (χ0v) is 15.6. The fraction of sp³-hybridized carbons (Fsp3) is 0.316. The van der Waals surface area contributed by atoms with Crippen LogP contribution in [-0.4, -0.2) is 29.9 Å². The smallest absolute Gasteiger partial charge is 0.161 e. The van der Waals surface area contributed by atoms with Crippen LogP contribution in [0, 0.1) is 0 Å². The molecule has 7 heteroatoms. The number of nitrogens with one attached hydrogen (secondary N) is 1. The first-order valence-electron chi connectivity index (χ1n) is 8.65. The molecule has 0 spiro atoms. The van der Waals surface area contributed by atoms with Gasteiger partial charge in [-0.25, -0.2) is 9.97 Å². The molecular weight excluding hydrogens is 348 g/mol. The Morgan fingerprint density at radius 3 is 3.04 bits per heavy atom. The first kappa shape index (κ1) is 16.8. The van der Waals surface area contributed by atoms with Crippen LogP contribution in [0.25, 0.3) is 10.2 Å². The van der Waals surface area contributed by atoms with Crippen LogP contribution in [-0.2, 0) is 12.8 Å². The Balaban J connectivity index is 1.57. The number of aromatic nitrogens is 2. The van der Waals surface area contributed by atoms with Crippen molar-refractivity contribution in [2.75, 3.05) is 19.1 Å². The predicted octanol–water partition coefficient (Wildman–Crippen LogP) is 4.03. The van der Waals surface area contributed by atoms with Gasteiger partial charge in [-0.05, 0) is 55.5 Å². The predicted molar refractivity (Wildman–Crippen MR) is 105 cm³/mol. The number of ether oxygens (including phenoxy) is 2. The molecule has 0 saturated carbocycles. The van der Waals surface area contributed by atoms with Gasteiger partial charge in [0.15, 0.2) is 17.3 Å². The van der Waals surface area contributed by atoms with Crippen LogP contribution < -0.4 is 14.9 Å². The van der Waals surface area contributed by atoms with E-state index in [2.05, 4.69) is 20.5 Å². The lowest BCUT2D eigenvalue weighted by Crippen LogP contribution is -1.98. The molecule has 0 saturated heterocycles. The molecule has 2 aromatic heterocycles. The van der Waals surface area contributed by atoms with Crippen LogP contribution >= 0.6 is 11.3 Å². The highest BCUT2D eigenvalue weighted by molar-refractivity contribution is 7.19. The number of anilines is 1. The van der Waals surface area contributed by atoms with Crippen LogP contribution in [0.15, 0.2) is 29.6 Å². The molecule has 0 fully saturated rings. The average molecular weight is 368 g/mol. The van der Waals surface area contributed by atoms with Gasteiger partial charge in [0.25, 0.3) is 0 Å². The fourth-order valence-corrected chi connectivity index (χ4v) is 4.45. The molecule has 1 aromatic carbocycles. The zero-order valence-electron chi connectivity index (χ0n) is 14.8. The fourth-order valence-electron chi connectivity index (χ4n) is 3.22. The van der Waals surface area contributed by atoms with Crippen LogP contribution in [0.3, 0.4) is 0 Å². The van der Waals surface area contributed by atoms with Crippen molar-refractivity contribution in [2.24, 2.45) is 5.10 Å². The molecule has 6 nitrogen and oxygen atoms in total. The molecule has 2 heterocycles. The van der Waals surface area contributed by atoms with E-state index in [1.54, 1.807) is 31.0 Å². The maximum atomic E-state index is 5.54. The minimum absolute atomic E-state index is 0.597. The summed E-state index contributed by atoms with van der Waals surface area (Å²) in [5, 5.41) is 5.48. The number of benzene rings is 1. The van der Waals surface area contributed by atoms with Crippen LogP contribution in [0.4, 0.5) is 5.82 Å². The summed E-state index contributed by atoms with van der Waals surface area (Å²) in [5.74, 6) is 2.19. The Morgan fingerprint density at radius 2 is 2.19 bits per heavy atom. The number of hydrogen-bond acceptors (Lipinski definition) is 7. The quantitative estimate of drug-likeness (QED) is 0.525. The molecule has 4 rings (SSSR count). The molecular formula is C19H20N4O2S. The highest BCUT2D eigenvalue weighted by Gasteiger charge is 2.20. The van der Waals surface area contributed by atoms with Gasteiger partial charge in [-0.2, -0.15) is 5.10 Å². The van der Waals surface area contributed by atoms with Gasteiger partial charge in [-0.15, -0.1) is 11.3 Å². The molecule has 0 amide bonds. The molecule has 0 bridgehead atoms. The molecule has 26 heavy (non-hydrogen) atoms. The normalized spacial score (nSPS) is 13.3. The number of hydrogen-bond donors (Lipinski definition) is 1. The summed E-state index contributed by atoms with van der Waals surface area (Å²) in [4.78, 5) is 11.3. The second kappa shape index (κ2) is 7.29. The molecule has 1 N–H and O–H groups in total.